The Labute approximate surface area is 216 Å². The molecular weight excluding hydrogens is 601 g/mol. The molecule has 2 rings (SSSR count). The lowest BCUT2D eigenvalue weighted by atomic mass is 10.1. The number of ether oxygens (including phenoxy) is 2. The average molecular weight is 623 g/mol. The van der Waals surface area contributed by atoms with Crippen LogP contribution in [0, 0.1) is 12.7 Å². The van der Waals surface area contributed by atoms with Crippen LogP contribution in [0.4, 0.5) is 13.2 Å². The molecule has 0 saturated carbocycles. The first-order valence-electron chi connectivity index (χ1n) is 9.84. The number of rotatable bonds is 12. The van der Waals surface area contributed by atoms with Gasteiger partial charge in [0.05, 0.1) is 5.56 Å². The molecule has 35 heavy (non-hydrogen) atoms. The number of alkyl halides is 2. The molecule has 0 spiro atoms. The third-order valence-corrected chi connectivity index (χ3v) is 5.00. The Hall–Kier alpha value is -2.70. The first-order chi connectivity index (χ1) is 16.4. The van der Waals surface area contributed by atoms with Gasteiger partial charge in [0.15, 0.2) is 6.61 Å². The molecule has 13 heteroatoms. The molecular formula is C22H22F3IN3O5P. The van der Waals surface area contributed by atoms with Gasteiger partial charge in [-0.2, -0.15) is 8.78 Å². The van der Waals surface area contributed by atoms with Crippen molar-refractivity contribution in [3.05, 3.63) is 78.0 Å². The van der Waals surface area contributed by atoms with Crippen LogP contribution >= 0.6 is 32.2 Å². The van der Waals surface area contributed by atoms with Crippen molar-refractivity contribution in [2.75, 3.05) is 6.61 Å². The van der Waals surface area contributed by atoms with Crippen LogP contribution in [-0.2, 0) is 7.86 Å². The molecule has 0 fully saturated rings. The molecule has 1 aromatic carbocycles. The smallest absolute Gasteiger partial charge is 0.409 e. The largest absolute Gasteiger partial charge is 0.484 e. The number of carbonyl (C=O) groups is 2. The topological polar surface area (TPSA) is 98.8 Å². The second-order valence-corrected chi connectivity index (χ2v) is 8.34. The first kappa shape index (κ1) is 28.5. The fraction of sp³-hybridized carbons (Fsp3) is 0.227. The molecule has 0 aliphatic heterocycles. The molecule has 2 atom stereocenters. The number of nitrogens with one attached hydrogen (secondary N) is 2. The van der Waals surface area contributed by atoms with Gasteiger partial charge < -0.3 is 23.2 Å². The van der Waals surface area contributed by atoms with E-state index in [1.54, 1.807) is 29.9 Å². The number of halogens is 4. The maximum Gasteiger partial charge on any atom is 0.409 e. The first-order valence-corrected chi connectivity index (χ1v) is 11.3. The summed E-state index contributed by atoms with van der Waals surface area (Å²) in [4.78, 5) is 28.2. The predicted octanol–water partition coefficient (Wildman–Crippen LogP) is 4.41. The zero-order valence-corrected chi connectivity index (χ0v) is 21.8. The van der Waals surface area contributed by atoms with E-state index in [1.165, 1.54) is 33.5 Å². The molecule has 0 aliphatic carbocycles. The number of carbonyl (C=O) groups excluding carboxylic acids is 2. The summed E-state index contributed by atoms with van der Waals surface area (Å²) in [5, 5.41) is 5.05. The molecule has 2 unspecified atom stereocenters. The highest BCUT2D eigenvalue weighted by atomic mass is 127. The van der Waals surface area contributed by atoms with Gasteiger partial charge in [0.25, 0.3) is 11.8 Å². The van der Waals surface area contributed by atoms with Crippen molar-refractivity contribution in [3.63, 3.8) is 0 Å². The van der Waals surface area contributed by atoms with Crippen molar-refractivity contribution in [2.24, 2.45) is 0 Å². The summed E-state index contributed by atoms with van der Waals surface area (Å²) >= 11 is 1.62. The quantitative estimate of drug-likeness (QED) is 0.269. The van der Waals surface area contributed by atoms with Crippen LogP contribution in [0.3, 0.4) is 0 Å². The monoisotopic (exact) mass is 623 g/mol. The van der Waals surface area contributed by atoms with E-state index in [0.29, 0.717) is 5.56 Å². The Morgan fingerprint density at radius 1 is 1.23 bits per heavy atom. The van der Waals surface area contributed by atoms with Gasteiger partial charge in [0.2, 0.25) is 5.88 Å². The number of hydrogen-bond acceptors (Lipinski definition) is 6. The Balaban J connectivity index is 1.84. The van der Waals surface area contributed by atoms with Gasteiger partial charge in [-0.05, 0) is 33.9 Å². The molecule has 188 valence electrons. The van der Waals surface area contributed by atoms with Gasteiger partial charge in [-0.15, -0.1) is 0 Å². The van der Waals surface area contributed by atoms with Gasteiger partial charge in [-0.25, -0.2) is 9.37 Å². The number of pyridine rings is 1. The molecule has 0 radical (unpaired) electrons. The van der Waals surface area contributed by atoms with Crippen molar-refractivity contribution in [1.82, 2.24) is 15.6 Å². The molecule has 0 aliphatic rings. The lowest BCUT2D eigenvalue weighted by Crippen LogP contribution is -2.34. The maximum absolute atomic E-state index is 13.6. The SMILES string of the molecule is C=C(CC(OI)C(=C)NC(=O)COc1ccc(C)c(F)c1)NC(=O)c1ccc(OC(F)(F)P)nc1. The minimum atomic E-state index is -3.48. The number of aryl methyl sites for hydroxylation is 1. The summed E-state index contributed by atoms with van der Waals surface area (Å²) in [6, 6.07) is 6.62. The van der Waals surface area contributed by atoms with Crippen molar-refractivity contribution in [1.29, 1.82) is 0 Å². The number of benzene rings is 1. The van der Waals surface area contributed by atoms with Crippen LogP contribution in [0.15, 0.2) is 61.1 Å². The molecule has 0 saturated heterocycles. The molecule has 1 aromatic heterocycles. The predicted molar refractivity (Wildman–Crippen MR) is 134 cm³/mol. The van der Waals surface area contributed by atoms with Crippen LogP contribution in [0.25, 0.3) is 0 Å². The summed E-state index contributed by atoms with van der Waals surface area (Å²) in [6.07, 6.45) is 0.383. The molecule has 2 N–H and O–H groups in total. The Bertz CT molecular complexity index is 1100. The van der Waals surface area contributed by atoms with Gasteiger partial charge in [0.1, 0.15) is 40.7 Å². The van der Waals surface area contributed by atoms with Crippen molar-refractivity contribution in [2.45, 2.75) is 25.3 Å². The summed E-state index contributed by atoms with van der Waals surface area (Å²) in [5.74, 6) is -5.23. The fourth-order valence-electron chi connectivity index (χ4n) is 2.54. The van der Waals surface area contributed by atoms with Crippen LogP contribution in [0.2, 0.25) is 0 Å². The van der Waals surface area contributed by atoms with Gasteiger partial charge in [-0.3, -0.25) is 9.59 Å². The standard InChI is InChI=1S/C22H22F3IN3O5P/c1-12-4-6-16(9-17(12)23)32-11-19(30)29-14(3)18(34-26)8-13(2)28-21(31)15-5-7-20(27-10-15)33-22(24,25)35/h4-7,9-10,18H,2-3,8,11,35H2,1H3,(H,28,31)(H,29,30). The number of amides is 2. The minimum absolute atomic E-state index is 0.0612. The number of aromatic nitrogens is 1. The normalized spacial score (nSPS) is 11.8. The highest BCUT2D eigenvalue weighted by Gasteiger charge is 2.24. The Morgan fingerprint density at radius 3 is 2.51 bits per heavy atom. The molecule has 2 amide bonds. The van der Waals surface area contributed by atoms with E-state index in [9.17, 15) is 22.8 Å². The third-order valence-electron chi connectivity index (χ3n) is 4.27. The lowest BCUT2D eigenvalue weighted by Gasteiger charge is -2.19. The lowest BCUT2D eigenvalue weighted by molar-refractivity contribution is -0.122. The Morgan fingerprint density at radius 2 is 1.94 bits per heavy atom. The van der Waals surface area contributed by atoms with Gasteiger partial charge in [-0.1, -0.05) is 19.2 Å². The summed E-state index contributed by atoms with van der Waals surface area (Å²) in [7, 11) is 1.22. The molecule has 2 aromatic rings. The van der Waals surface area contributed by atoms with Crippen LogP contribution in [0.5, 0.6) is 11.6 Å². The molecule has 1 heterocycles. The van der Waals surface area contributed by atoms with Crippen LogP contribution < -0.4 is 20.1 Å². The summed E-state index contributed by atoms with van der Waals surface area (Å²) in [5.41, 5.74) is 0.941. The molecule has 8 nitrogen and oxygen atoms in total. The van der Waals surface area contributed by atoms with Crippen molar-refractivity contribution >= 4 is 44.1 Å². The summed E-state index contributed by atoms with van der Waals surface area (Å²) in [6.45, 7) is 8.73. The zero-order valence-electron chi connectivity index (χ0n) is 18.4. The van der Waals surface area contributed by atoms with E-state index in [0.717, 1.165) is 12.3 Å². The fourth-order valence-corrected chi connectivity index (χ4v) is 3.15. The second kappa shape index (κ2) is 12.8. The number of nitrogens with zero attached hydrogens (tertiary/aromatic N) is 1. The van der Waals surface area contributed by atoms with E-state index in [1.807, 2.05) is 0 Å². The maximum atomic E-state index is 13.6. The number of hydrogen-bond donors (Lipinski definition) is 2. The second-order valence-electron chi connectivity index (χ2n) is 7.16. The highest BCUT2D eigenvalue weighted by Crippen LogP contribution is 2.25. The van der Waals surface area contributed by atoms with Gasteiger partial charge >= 0.3 is 5.85 Å². The van der Waals surface area contributed by atoms with E-state index in [4.69, 9.17) is 7.80 Å². The van der Waals surface area contributed by atoms with E-state index in [-0.39, 0.29) is 41.6 Å². The third kappa shape index (κ3) is 9.82. The van der Waals surface area contributed by atoms with E-state index < -0.39 is 29.6 Å². The van der Waals surface area contributed by atoms with E-state index >= 15 is 0 Å². The van der Waals surface area contributed by atoms with Crippen molar-refractivity contribution < 1.29 is 35.3 Å². The van der Waals surface area contributed by atoms with Crippen LogP contribution in [-0.4, -0.2) is 35.4 Å². The van der Waals surface area contributed by atoms with Gasteiger partial charge in [0, 0.05) is 36.1 Å². The molecule has 0 bridgehead atoms. The zero-order chi connectivity index (χ0) is 26.2. The van der Waals surface area contributed by atoms with Crippen LogP contribution in [0.1, 0.15) is 22.3 Å². The summed E-state index contributed by atoms with van der Waals surface area (Å²) < 4.78 is 54.1. The Kier molecular flexibility index (Phi) is 10.5. The minimum Gasteiger partial charge on any atom is -0.484 e. The average Bonchev–Trinajstić information content (AvgIpc) is 2.77. The van der Waals surface area contributed by atoms with Crippen molar-refractivity contribution in [3.8, 4) is 11.6 Å². The van der Waals surface area contributed by atoms with E-state index in [2.05, 4.69) is 33.5 Å². The highest BCUT2D eigenvalue weighted by molar-refractivity contribution is 14.1.